The minimum atomic E-state index is 0.612. The van der Waals surface area contributed by atoms with Crippen molar-refractivity contribution in [3.63, 3.8) is 0 Å². The summed E-state index contributed by atoms with van der Waals surface area (Å²) in [4.78, 5) is 6.13. The average molecular weight is 315 g/mol. The number of thiophene rings is 1. The van der Waals surface area contributed by atoms with Gasteiger partial charge in [0.15, 0.2) is 0 Å². The van der Waals surface area contributed by atoms with Crippen molar-refractivity contribution in [2.75, 3.05) is 0 Å². The number of rotatable bonds is 1. The lowest BCUT2D eigenvalue weighted by molar-refractivity contribution is 0.306. The van der Waals surface area contributed by atoms with Gasteiger partial charge in [-0.05, 0) is 34.7 Å². The fourth-order valence-corrected chi connectivity index (χ4v) is 3.93. The Labute approximate surface area is 138 Å². The van der Waals surface area contributed by atoms with Crippen LogP contribution in [-0.2, 0) is 6.61 Å². The van der Waals surface area contributed by atoms with Gasteiger partial charge in [0.1, 0.15) is 12.4 Å². The van der Waals surface area contributed by atoms with Crippen LogP contribution in [0.5, 0.6) is 5.75 Å². The molecule has 0 amide bonds. The largest absolute Gasteiger partial charge is 0.487 e. The third kappa shape index (κ3) is 1.90. The number of ether oxygens (including phenoxy) is 1. The predicted octanol–water partition coefficient (Wildman–Crippen LogP) is 5.52. The zero-order valence-electron chi connectivity index (χ0n) is 12.3. The van der Waals surface area contributed by atoms with Crippen molar-refractivity contribution in [1.82, 2.24) is 4.98 Å². The zero-order valence-corrected chi connectivity index (χ0v) is 13.1. The molecule has 0 aliphatic carbocycles. The van der Waals surface area contributed by atoms with E-state index >= 15 is 0 Å². The van der Waals surface area contributed by atoms with Crippen LogP contribution < -0.4 is 4.74 Å². The summed E-state index contributed by atoms with van der Waals surface area (Å²) >= 11 is 1.71. The van der Waals surface area contributed by atoms with E-state index in [2.05, 4.69) is 53.9 Å². The molecular weight excluding hydrogens is 302 g/mol. The van der Waals surface area contributed by atoms with Crippen molar-refractivity contribution in [3.8, 4) is 27.4 Å². The highest BCUT2D eigenvalue weighted by atomic mass is 32.1. The van der Waals surface area contributed by atoms with E-state index in [1.807, 2.05) is 12.1 Å². The number of pyridine rings is 1. The van der Waals surface area contributed by atoms with Crippen LogP contribution in [0.15, 0.2) is 66.0 Å². The maximum Gasteiger partial charge on any atom is 0.139 e. The number of nitrogens with zero attached hydrogens (tertiary/aromatic N) is 1. The summed E-state index contributed by atoms with van der Waals surface area (Å²) < 4.78 is 6.17. The molecule has 0 bridgehead atoms. The predicted molar refractivity (Wildman–Crippen MR) is 94.8 cm³/mol. The van der Waals surface area contributed by atoms with Gasteiger partial charge in [-0.1, -0.05) is 42.5 Å². The van der Waals surface area contributed by atoms with Crippen LogP contribution in [0.3, 0.4) is 0 Å². The van der Waals surface area contributed by atoms with Crippen LogP contribution in [0.4, 0.5) is 0 Å². The topological polar surface area (TPSA) is 22.1 Å². The molecule has 0 radical (unpaired) electrons. The highest BCUT2D eigenvalue weighted by molar-refractivity contribution is 7.13. The Balaban J connectivity index is 1.95. The summed E-state index contributed by atoms with van der Waals surface area (Å²) in [6.07, 6.45) is 0. The first-order chi connectivity index (χ1) is 11.4. The van der Waals surface area contributed by atoms with Crippen LogP contribution in [0, 0.1) is 0 Å². The molecule has 3 heteroatoms. The fraction of sp³-hybridized carbons (Fsp3) is 0.0500. The van der Waals surface area contributed by atoms with Gasteiger partial charge in [-0.25, -0.2) is 4.98 Å². The maximum atomic E-state index is 6.17. The molecule has 2 nitrogen and oxygen atoms in total. The third-order valence-corrected chi connectivity index (χ3v) is 5.13. The molecule has 5 rings (SSSR count). The van der Waals surface area contributed by atoms with E-state index in [-0.39, 0.29) is 0 Å². The minimum Gasteiger partial charge on any atom is -0.487 e. The van der Waals surface area contributed by atoms with Crippen molar-refractivity contribution in [2.24, 2.45) is 0 Å². The van der Waals surface area contributed by atoms with Crippen LogP contribution >= 0.6 is 11.3 Å². The monoisotopic (exact) mass is 315 g/mol. The molecule has 0 unspecified atom stereocenters. The minimum absolute atomic E-state index is 0.612. The standard InChI is InChI=1S/C20H13NOS/c1-2-7-14-13(6-1)12-22-20-15-8-3-4-9-16(15)21-19(18(14)20)17-10-5-11-23-17/h1-11H,12H2. The van der Waals surface area contributed by atoms with Crippen molar-refractivity contribution in [3.05, 3.63) is 71.6 Å². The summed E-state index contributed by atoms with van der Waals surface area (Å²) in [6, 6.07) is 20.8. The van der Waals surface area contributed by atoms with Gasteiger partial charge < -0.3 is 4.74 Å². The Kier molecular flexibility index (Phi) is 2.76. The third-order valence-electron chi connectivity index (χ3n) is 4.26. The summed E-state index contributed by atoms with van der Waals surface area (Å²) in [7, 11) is 0. The molecule has 1 aliphatic heterocycles. The SMILES string of the molecule is c1csc(-c2nc3ccccc3c3c2-c2ccccc2CO3)c1. The number of hydrogen-bond acceptors (Lipinski definition) is 3. The van der Waals surface area contributed by atoms with Gasteiger partial charge in [0.05, 0.1) is 21.7 Å². The summed E-state index contributed by atoms with van der Waals surface area (Å²) in [5, 5.41) is 3.17. The van der Waals surface area contributed by atoms with Crippen LogP contribution in [0.1, 0.15) is 5.56 Å². The summed E-state index contributed by atoms with van der Waals surface area (Å²) in [5.74, 6) is 0.956. The molecule has 2 aromatic heterocycles. The molecule has 0 fully saturated rings. The van der Waals surface area contributed by atoms with E-state index in [0.29, 0.717) is 6.61 Å². The molecule has 0 atom stereocenters. The van der Waals surface area contributed by atoms with Gasteiger partial charge in [-0.15, -0.1) is 11.3 Å². The zero-order chi connectivity index (χ0) is 15.2. The van der Waals surface area contributed by atoms with Gasteiger partial charge in [0.25, 0.3) is 0 Å². The number of para-hydroxylation sites is 1. The molecule has 110 valence electrons. The van der Waals surface area contributed by atoms with E-state index in [4.69, 9.17) is 9.72 Å². The Bertz CT molecular complexity index is 1020. The fourth-order valence-electron chi connectivity index (χ4n) is 3.21. The average Bonchev–Trinajstić information content (AvgIpc) is 3.15. The molecule has 1 aliphatic rings. The molecule has 0 spiro atoms. The summed E-state index contributed by atoms with van der Waals surface area (Å²) in [5.41, 5.74) is 5.56. The molecular formula is C20H13NOS. The lowest BCUT2D eigenvalue weighted by Gasteiger charge is -2.24. The van der Waals surface area contributed by atoms with Gasteiger partial charge in [-0.3, -0.25) is 0 Å². The molecule has 2 aromatic carbocycles. The second-order valence-corrected chi connectivity index (χ2v) is 6.55. The Morgan fingerprint density at radius 1 is 0.913 bits per heavy atom. The van der Waals surface area contributed by atoms with Gasteiger partial charge in [0, 0.05) is 5.39 Å². The lowest BCUT2D eigenvalue weighted by Crippen LogP contribution is -2.07. The van der Waals surface area contributed by atoms with E-state index in [1.54, 1.807) is 11.3 Å². The Hall–Kier alpha value is -2.65. The van der Waals surface area contributed by atoms with Crippen LogP contribution in [0.2, 0.25) is 0 Å². The second kappa shape index (κ2) is 4.93. The molecule has 4 aromatic rings. The molecule has 0 saturated heterocycles. The smallest absolute Gasteiger partial charge is 0.139 e. The number of hydrogen-bond donors (Lipinski definition) is 0. The normalized spacial score (nSPS) is 12.5. The number of aromatic nitrogens is 1. The van der Waals surface area contributed by atoms with Crippen molar-refractivity contribution in [2.45, 2.75) is 6.61 Å². The lowest BCUT2D eigenvalue weighted by atomic mass is 9.93. The van der Waals surface area contributed by atoms with Crippen molar-refractivity contribution in [1.29, 1.82) is 0 Å². The first kappa shape index (κ1) is 12.9. The van der Waals surface area contributed by atoms with E-state index in [9.17, 15) is 0 Å². The first-order valence-electron chi connectivity index (χ1n) is 7.59. The highest BCUT2D eigenvalue weighted by Gasteiger charge is 2.25. The van der Waals surface area contributed by atoms with Crippen LogP contribution in [0.25, 0.3) is 32.6 Å². The highest BCUT2D eigenvalue weighted by Crippen LogP contribution is 2.47. The Morgan fingerprint density at radius 3 is 2.70 bits per heavy atom. The van der Waals surface area contributed by atoms with Crippen molar-refractivity contribution < 1.29 is 4.74 Å². The van der Waals surface area contributed by atoms with Gasteiger partial charge in [0.2, 0.25) is 0 Å². The van der Waals surface area contributed by atoms with Crippen molar-refractivity contribution >= 4 is 22.2 Å². The van der Waals surface area contributed by atoms with Gasteiger partial charge in [-0.2, -0.15) is 0 Å². The molecule has 0 N–H and O–H groups in total. The van der Waals surface area contributed by atoms with E-state index in [1.165, 1.54) is 16.0 Å². The molecule has 3 heterocycles. The first-order valence-corrected chi connectivity index (χ1v) is 8.47. The molecule has 23 heavy (non-hydrogen) atoms. The second-order valence-electron chi connectivity index (χ2n) is 5.60. The summed E-state index contributed by atoms with van der Waals surface area (Å²) in [6.45, 7) is 0.612. The van der Waals surface area contributed by atoms with E-state index < -0.39 is 0 Å². The van der Waals surface area contributed by atoms with Gasteiger partial charge >= 0.3 is 0 Å². The Morgan fingerprint density at radius 2 is 1.78 bits per heavy atom. The van der Waals surface area contributed by atoms with Crippen LogP contribution in [-0.4, -0.2) is 4.98 Å². The quantitative estimate of drug-likeness (QED) is 0.461. The maximum absolute atomic E-state index is 6.17. The molecule has 0 saturated carbocycles. The number of benzene rings is 2. The number of fused-ring (bicyclic) bond motifs is 5. The van der Waals surface area contributed by atoms with E-state index in [0.717, 1.165) is 27.9 Å².